The zero-order valence-corrected chi connectivity index (χ0v) is 22.6. The molecule has 8 nitrogen and oxygen atoms in total. The second-order valence-corrected chi connectivity index (χ2v) is 15.5. The first kappa shape index (κ1) is 25.8. The molecule has 3 rings (SSSR count). The third-order valence-corrected chi connectivity index (χ3v) is 11.6. The van der Waals surface area contributed by atoms with E-state index in [0.29, 0.717) is 5.75 Å². The van der Waals surface area contributed by atoms with E-state index in [1.165, 1.54) is 16.8 Å². The Labute approximate surface area is 207 Å². The smallest absolute Gasteiger partial charge is 0.358 e. The number of halogens is 1. The molecule has 0 aliphatic carbocycles. The number of aromatic amines is 1. The van der Waals surface area contributed by atoms with E-state index in [4.69, 9.17) is 30.9 Å². The van der Waals surface area contributed by atoms with Crippen LogP contribution >= 0.6 is 28.1 Å². The molecule has 0 spiro atoms. The van der Waals surface area contributed by atoms with Crippen LogP contribution in [0.3, 0.4) is 0 Å². The Hall–Kier alpha value is -1.79. The van der Waals surface area contributed by atoms with Crippen LogP contribution < -0.4 is 16.0 Å². The van der Waals surface area contributed by atoms with Gasteiger partial charge in [0.05, 0.1) is 11.4 Å². The van der Waals surface area contributed by atoms with Crippen LogP contribution in [0.1, 0.15) is 27.0 Å². The van der Waals surface area contributed by atoms with Gasteiger partial charge in [0.1, 0.15) is 18.0 Å². The number of ether oxygens (including phenoxy) is 3. The minimum Gasteiger partial charge on any atom is -0.449 e. The van der Waals surface area contributed by atoms with Crippen LogP contribution in [0.2, 0.25) is 18.1 Å². The summed E-state index contributed by atoms with van der Waals surface area (Å²) in [5.41, 5.74) is -1.06. The number of nitrogens with one attached hydrogen (secondary N) is 1. The number of alkyl halides is 1. The van der Waals surface area contributed by atoms with Crippen LogP contribution in [0.5, 0.6) is 5.75 Å². The monoisotopic (exact) mass is 556 g/mol. The predicted molar refractivity (Wildman–Crippen MR) is 136 cm³/mol. The summed E-state index contributed by atoms with van der Waals surface area (Å²) in [6.07, 6.45) is -0.487. The molecule has 33 heavy (non-hydrogen) atoms. The Kier molecular flexibility index (Phi) is 8.00. The summed E-state index contributed by atoms with van der Waals surface area (Å²) in [4.78, 5) is 25.7. The van der Waals surface area contributed by atoms with Gasteiger partial charge in [-0.3, -0.25) is 14.3 Å². The van der Waals surface area contributed by atoms with Gasteiger partial charge < -0.3 is 18.6 Å². The van der Waals surface area contributed by atoms with Crippen molar-refractivity contribution in [1.82, 2.24) is 9.55 Å². The lowest BCUT2D eigenvalue weighted by Crippen LogP contribution is -2.45. The van der Waals surface area contributed by atoms with Gasteiger partial charge in [-0.1, -0.05) is 54.9 Å². The first-order valence-corrected chi connectivity index (χ1v) is 14.8. The molecular weight excluding hydrogens is 528 g/mol. The predicted octanol–water partition coefficient (Wildman–Crippen LogP) is 3.97. The van der Waals surface area contributed by atoms with Gasteiger partial charge in [-0.05, 0) is 30.3 Å². The molecular formula is C22H29BrN2O6SSi. The van der Waals surface area contributed by atoms with E-state index >= 15 is 0 Å². The number of nitrogens with zero attached hydrogens (tertiary/aromatic N) is 1. The molecule has 0 saturated carbocycles. The largest absolute Gasteiger partial charge is 0.449 e. The maximum Gasteiger partial charge on any atom is 0.358 e. The second kappa shape index (κ2) is 10.2. The van der Waals surface area contributed by atoms with E-state index in [0.717, 1.165) is 0 Å². The highest BCUT2D eigenvalue weighted by Gasteiger charge is 2.48. The third kappa shape index (κ3) is 6.21. The Morgan fingerprint density at radius 3 is 2.48 bits per heavy atom. The summed E-state index contributed by atoms with van der Waals surface area (Å²) in [5.74, 6) is 0.551. The summed E-state index contributed by atoms with van der Waals surface area (Å²) in [6.45, 7) is 11.0. The standard InChI is InChI=1S/C22H29BrN2O6SSi/c1-22(2,3)33(4,5)28-13-15-18(31-21(32)29-14-9-7-6-8-10-14)17(23)19(30-15)25-12-11-16(26)24-20(25)27/h6-12,15,17-19H,13H2,1-5H3,(H,24,26,27)/t15-,17-,18-,19-/m1/s1. The summed E-state index contributed by atoms with van der Waals surface area (Å²) in [6, 6.07) is 10.3. The normalized spacial score (nSPS) is 23.3. The van der Waals surface area contributed by atoms with E-state index in [1.54, 1.807) is 12.1 Å². The minimum absolute atomic E-state index is 0.0107. The van der Waals surface area contributed by atoms with Crippen LogP contribution in [0.15, 0.2) is 52.2 Å². The molecule has 1 aliphatic heterocycles. The summed E-state index contributed by atoms with van der Waals surface area (Å²) >= 11 is 8.94. The number of rotatable bonds is 6. The fourth-order valence-electron chi connectivity index (χ4n) is 3.05. The first-order valence-electron chi connectivity index (χ1n) is 10.6. The van der Waals surface area contributed by atoms with Gasteiger partial charge in [-0.25, -0.2) is 4.79 Å². The van der Waals surface area contributed by atoms with Crippen molar-refractivity contribution >= 4 is 41.7 Å². The van der Waals surface area contributed by atoms with Gasteiger partial charge in [0.2, 0.25) is 0 Å². The number of benzene rings is 1. The SMILES string of the molecule is CC(C)(C)[Si](C)(C)OC[C@H]1O[C@@H](n2ccc(=O)[nH]c2=O)[C@H](Br)[C@@H]1OC(=S)Oc1ccccc1. The van der Waals surface area contributed by atoms with Crippen molar-refractivity contribution in [1.29, 1.82) is 0 Å². The molecule has 1 saturated heterocycles. The molecule has 1 N–H and O–H groups in total. The average molecular weight is 558 g/mol. The van der Waals surface area contributed by atoms with E-state index < -0.39 is 42.8 Å². The summed E-state index contributed by atoms with van der Waals surface area (Å²) in [5, 5.41) is -0.0532. The molecule has 1 aliphatic rings. The third-order valence-electron chi connectivity index (χ3n) is 5.98. The molecule has 1 fully saturated rings. The highest BCUT2D eigenvalue weighted by atomic mass is 79.9. The molecule has 0 amide bonds. The van der Waals surface area contributed by atoms with Crippen LogP contribution in [0.4, 0.5) is 0 Å². The highest BCUT2D eigenvalue weighted by molar-refractivity contribution is 9.09. The number of H-pyrrole nitrogens is 1. The molecule has 0 bridgehead atoms. The summed E-state index contributed by atoms with van der Waals surface area (Å²) in [7, 11) is -2.08. The van der Waals surface area contributed by atoms with Crippen molar-refractivity contribution in [2.24, 2.45) is 0 Å². The van der Waals surface area contributed by atoms with Gasteiger partial charge in [-0.2, -0.15) is 0 Å². The van der Waals surface area contributed by atoms with Crippen LogP contribution in [0, 0.1) is 0 Å². The number of para-hydroxylation sites is 1. The van der Waals surface area contributed by atoms with E-state index in [2.05, 4.69) is 54.8 Å². The Morgan fingerprint density at radius 1 is 1.21 bits per heavy atom. The fraction of sp³-hybridized carbons (Fsp3) is 0.500. The maximum atomic E-state index is 12.4. The molecule has 11 heteroatoms. The zero-order chi connectivity index (χ0) is 24.4. The van der Waals surface area contributed by atoms with Crippen molar-refractivity contribution in [2.75, 3.05) is 6.61 Å². The van der Waals surface area contributed by atoms with Crippen LogP contribution in [-0.2, 0) is 13.9 Å². The quantitative estimate of drug-likeness (QED) is 0.327. The van der Waals surface area contributed by atoms with Gasteiger partial charge in [0.15, 0.2) is 14.5 Å². The van der Waals surface area contributed by atoms with E-state index in [-0.39, 0.29) is 16.9 Å². The number of aromatic nitrogens is 2. The molecule has 2 aromatic rings. The van der Waals surface area contributed by atoms with Crippen LogP contribution in [-0.4, -0.2) is 46.7 Å². The van der Waals surface area contributed by atoms with Crippen molar-refractivity contribution in [3.05, 3.63) is 63.4 Å². The Morgan fingerprint density at radius 2 is 1.88 bits per heavy atom. The lowest BCUT2D eigenvalue weighted by atomic mass is 10.2. The number of hydrogen-bond donors (Lipinski definition) is 1. The highest BCUT2D eigenvalue weighted by Crippen LogP contribution is 2.40. The van der Waals surface area contributed by atoms with E-state index in [9.17, 15) is 9.59 Å². The van der Waals surface area contributed by atoms with E-state index in [1.807, 2.05) is 18.2 Å². The second-order valence-electron chi connectivity index (χ2n) is 9.35. The van der Waals surface area contributed by atoms with Gasteiger partial charge in [0, 0.05) is 24.5 Å². The van der Waals surface area contributed by atoms with Gasteiger partial charge >= 0.3 is 10.9 Å². The lowest BCUT2D eigenvalue weighted by Gasteiger charge is -2.37. The van der Waals surface area contributed by atoms with Crippen molar-refractivity contribution in [3.8, 4) is 5.75 Å². The molecule has 180 valence electrons. The minimum atomic E-state index is -2.08. The lowest BCUT2D eigenvalue weighted by molar-refractivity contribution is -0.0426. The van der Waals surface area contributed by atoms with Crippen molar-refractivity contribution < 1.29 is 18.6 Å². The molecule has 0 unspecified atom stereocenters. The molecule has 4 atom stereocenters. The first-order chi connectivity index (χ1) is 15.4. The number of hydrogen-bond acceptors (Lipinski definition) is 7. The maximum absolute atomic E-state index is 12.4. The Balaban J connectivity index is 1.82. The summed E-state index contributed by atoms with van der Waals surface area (Å²) < 4.78 is 25.5. The van der Waals surface area contributed by atoms with Crippen molar-refractivity contribution in [3.63, 3.8) is 0 Å². The Bertz CT molecular complexity index is 1080. The molecule has 1 aromatic carbocycles. The zero-order valence-electron chi connectivity index (χ0n) is 19.2. The molecule has 0 radical (unpaired) electrons. The van der Waals surface area contributed by atoms with Crippen LogP contribution in [0.25, 0.3) is 0 Å². The van der Waals surface area contributed by atoms with Crippen molar-refractivity contribution in [2.45, 2.75) is 62.2 Å². The molecule has 1 aromatic heterocycles. The fourth-order valence-corrected chi connectivity index (χ4v) is 5.10. The topological polar surface area (TPSA) is 91.8 Å². The molecule has 2 heterocycles. The number of thiocarbonyl (C=S) groups is 1. The average Bonchev–Trinajstić information content (AvgIpc) is 3.02. The van der Waals surface area contributed by atoms with Gasteiger partial charge in [-0.15, -0.1) is 0 Å². The van der Waals surface area contributed by atoms with Gasteiger partial charge in [0.25, 0.3) is 5.56 Å².